The van der Waals surface area contributed by atoms with Crippen LogP contribution in [0.5, 0.6) is 0 Å². The number of rotatable bonds is 0. The van der Waals surface area contributed by atoms with Gasteiger partial charge in [0.05, 0.1) is 16.1 Å². The van der Waals surface area contributed by atoms with E-state index in [1.54, 1.807) is 0 Å². The Balaban J connectivity index is 0.00000144. The molecule has 0 saturated heterocycles. The average molecular weight is 282 g/mol. The smallest absolute Gasteiger partial charge is 0.235 e. The molecular weight excluding hydrogens is 274 g/mol. The van der Waals surface area contributed by atoms with Crippen molar-refractivity contribution in [3.8, 4) is 0 Å². The van der Waals surface area contributed by atoms with E-state index < -0.39 is 11.7 Å². The lowest BCUT2D eigenvalue weighted by atomic mass is 10.1. The fourth-order valence-corrected chi connectivity index (χ4v) is 1.91. The molecule has 0 aliphatic carbocycles. The van der Waals surface area contributed by atoms with Crippen LogP contribution < -0.4 is 0 Å². The highest BCUT2D eigenvalue weighted by Gasteiger charge is 2.33. The molecule has 0 amide bonds. The molecule has 0 bridgehead atoms. The molecule has 2 rings (SSSR count). The first kappa shape index (κ1) is 14.1. The number of benzene rings is 1. The Labute approximate surface area is 106 Å². The van der Waals surface area contributed by atoms with Gasteiger partial charge in [0, 0.05) is 5.39 Å². The Bertz CT molecular complexity index is 552. The summed E-state index contributed by atoms with van der Waals surface area (Å²) in [5.41, 5.74) is -1.07. The van der Waals surface area contributed by atoms with Crippen molar-refractivity contribution in [2.24, 2.45) is 0 Å². The molecule has 17 heavy (non-hydrogen) atoms. The summed E-state index contributed by atoms with van der Waals surface area (Å²) in [5, 5.41) is 0.330. The highest BCUT2D eigenvalue weighted by molar-refractivity contribution is 6.37. The number of halogens is 5. The van der Waals surface area contributed by atoms with Crippen molar-refractivity contribution in [3.05, 3.63) is 40.0 Å². The van der Waals surface area contributed by atoms with E-state index in [4.69, 9.17) is 23.2 Å². The molecule has 0 atom stereocenters. The largest absolute Gasteiger partial charge is 0.418 e. The van der Waals surface area contributed by atoms with E-state index >= 15 is 0 Å². The highest BCUT2D eigenvalue weighted by atomic mass is 35.5. The van der Waals surface area contributed by atoms with E-state index in [1.165, 1.54) is 18.2 Å². The zero-order chi connectivity index (χ0) is 11.9. The van der Waals surface area contributed by atoms with Crippen molar-refractivity contribution >= 4 is 34.1 Å². The van der Waals surface area contributed by atoms with Gasteiger partial charge in [0.15, 0.2) is 0 Å². The molecule has 0 radical (unpaired) electrons. The molecule has 92 valence electrons. The molecule has 0 spiro atoms. The van der Waals surface area contributed by atoms with Gasteiger partial charge in [-0.2, -0.15) is 13.2 Å². The number of aromatic nitrogens is 1. The molecule has 1 heterocycles. The van der Waals surface area contributed by atoms with Gasteiger partial charge in [-0.05, 0) is 12.1 Å². The number of para-hydroxylation sites is 1. The SMILES string of the molecule is C.FC(F)(F)c1cccc2c(Cl)cc(Cl)nc12. The van der Waals surface area contributed by atoms with Crippen molar-refractivity contribution in [2.75, 3.05) is 0 Å². The maximum atomic E-state index is 12.7. The number of nitrogens with zero attached hydrogens (tertiary/aromatic N) is 1. The maximum Gasteiger partial charge on any atom is 0.418 e. The lowest BCUT2D eigenvalue weighted by Crippen LogP contribution is -2.06. The van der Waals surface area contributed by atoms with Gasteiger partial charge < -0.3 is 0 Å². The van der Waals surface area contributed by atoms with Gasteiger partial charge in [0.1, 0.15) is 5.15 Å². The minimum atomic E-state index is -4.47. The van der Waals surface area contributed by atoms with Crippen LogP contribution in [0.25, 0.3) is 10.9 Å². The number of alkyl halides is 3. The molecule has 0 aliphatic heterocycles. The Morgan fingerprint density at radius 1 is 1.12 bits per heavy atom. The molecule has 0 aliphatic rings. The third-order valence-electron chi connectivity index (χ3n) is 2.06. The molecular formula is C11H8Cl2F3N. The first-order chi connectivity index (χ1) is 7.39. The van der Waals surface area contributed by atoms with E-state index in [9.17, 15) is 13.2 Å². The lowest BCUT2D eigenvalue weighted by Gasteiger charge is -2.10. The Hall–Kier alpha value is -1.00. The number of fused-ring (bicyclic) bond motifs is 1. The lowest BCUT2D eigenvalue weighted by molar-refractivity contribution is -0.136. The van der Waals surface area contributed by atoms with E-state index in [-0.39, 0.29) is 28.5 Å². The summed E-state index contributed by atoms with van der Waals surface area (Å²) in [5.74, 6) is 0. The predicted molar refractivity (Wildman–Crippen MR) is 63.5 cm³/mol. The van der Waals surface area contributed by atoms with Crippen LogP contribution in [-0.2, 0) is 6.18 Å². The second kappa shape index (κ2) is 4.70. The minimum Gasteiger partial charge on any atom is -0.235 e. The number of hydrogen-bond donors (Lipinski definition) is 0. The molecule has 0 N–H and O–H groups in total. The predicted octanol–water partition coefficient (Wildman–Crippen LogP) is 5.20. The summed E-state index contributed by atoms with van der Waals surface area (Å²) in [6, 6.07) is 5.01. The zero-order valence-corrected chi connectivity index (χ0v) is 9.16. The van der Waals surface area contributed by atoms with E-state index in [0.717, 1.165) is 6.07 Å². The van der Waals surface area contributed by atoms with Crippen molar-refractivity contribution < 1.29 is 13.2 Å². The maximum absolute atomic E-state index is 12.7. The topological polar surface area (TPSA) is 12.9 Å². The summed E-state index contributed by atoms with van der Waals surface area (Å²) >= 11 is 11.4. The molecule has 0 fully saturated rings. The molecule has 6 heteroatoms. The van der Waals surface area contributed by atoms with Crippen LogP contribution in [0.3, 0.4) is 0 Å². The van der Waals surface area contributed by atoms with Crippen LogP contribution in [0.2, 0.25) is 10.2 Å². The third kappa shape index (κ3) is 2.64. The van der Waals surface area contributed by atoms with Gasteiger partial charge >= 0.3 is 6.18 Å². The van der Waals surface area contributed by atoms with Crippen LogP contribution in [0.1, 0.15) is 13.0 Å². The van der Waals surface area contributed by atoms with Crippen molar-refractivity contribution in [1.82, 2.24) is 4.98 Å². The van der Waals surface area contributed by atoms with Gasteiger partial charge in [0.25, 0.3) is 0 Å². The van der Waals surface area contributed by atoms with Gasteiger partial charge in [-0.15, -0.1) is 0 Å². The monoisotopic (exact) mass is 281 g/mol. The molecule has 0 unspecified atom stereocenters. The summed E-state index contributed by atoms with van der Waals surface area (Å²) in [7, 11) is 0. The molecule has 0 saturated carbocycles. The first-order valence-corrected chi connectivity index (χ1v) is 4.97. The van der Waals surface area contributed by atoms with Crippen LogP contribution in [0.15, 0.2) is 24.3 Å². The first-order valence-electron chi connectivity index (χ1n) is 4.21. The molecule has 1 aromatic heterocycles. The summed E-state index contributed by atoms with van der Waals surface area (Å²) in [4.78, 5) is 3.66. The quantitative estimate of drug-likeness (QED) is 0.605. The van der Waals surface area contributed by atoms with Crippen LogP contribution >= 0.6 is 23.2 Å². The van der Waals surface area contributed by atoms with Crippen LogP contribution in [-0.4, -0.2) is 4.98 Å². The van der Waals surface area contributed by atoms with E-state index in [0.29, 0.717) is 0 Å². The zero-order valence-electron chi connectivity index (χ0n) is 7.65. The van der Waals surface area contributed by atoms with Crippen molar-refractivity contribution in [3.63, 3.8) is 0 Å². The van der Waals surface area contributed by atoms with Crippen molar-refractivity contribution in [1.29, 1.82) is 0 Å². The Morgan fingerprint density at radius 3 is 2.35 bits per heavy atom. The van der Waals surface area contributed by atoms with E-state index in [1.807, 2.05) is 0 Å². The van der Waals surface area contributed by atoms with Crippen molar-refractivity contribution in [2.45, 2.75) is 13.6 Å². The standard InChI is InChI=1S/C10H4Cl2F3N.CH4/c11-7-4-8(12)16-9-5(7)2-1-3-6(9)10(13,14)15;/h1-4H;1H4. The molecule has 1 nitrogen and oxygen atoms in total. The Kier molecular flexibility index (Phi) is 3.89. The highest BCUT2D eigenvalue weighted by Crippen LogP contribution is 2.36. The average Bonchev–Trinajstić information content (AvgIpc) is 2.15. The van der Waals surface area contributed by atoms with Gasteiger partial charge in [0.2, 0.25) is 0 Å². The fourth-order valence-electron chi connectivity index (χ4n) is 1.41. The van der Waals surface area contributed by atoms with Crippen LogP contribution in [0.4, 0.5) is 13.2 Å². The summed E-state index contributed by atoms with van der Waals surface area (Å²) in [6.07, 6.45) is -4.47. The van der Waals surface area contributed by atoms with Gasteiger partial charge in [-0.1, -0.05) is 42.8 Å². The second-order valence-electron chi connectivity index (χ2n) is 3.13. The van der Waals surface area contributed by atoms with E-state index in [2.05, 4.69) is 4.98 Å². The summed E-state index contributed by atoms with van der Waals surface area (Å²) < 4.78 is 38.0. The second-order valence-corrected chi connectivity index (χ2v) is 3.92. The minimum absolute atomic E-state index is 0. The third-order valence-corrected chi connectivity index (χ3v) is 2.57. The number of pyridine rings is 1. The van der Waals surface area contributed by atoms with Crippen LogP contribution in [0, 0.1) is 0 Å². The normalized spacial score (nSPS) is 11.4. The Morgan fingerprint density at radius 2 is 1.76 bits per heavy atom. The molecule has 2 aromatic rings. The summed E-state index contributed by atoms with van der Waals surface area (Å²) in [6.45, 7) is 0. The fraction of sp³-hybridized carbons (Fsp3) is 0.182. The van der Waals surface area contributed by atoms with Gasteiger partial charge in [-0.25, -0.2) is 4.98 Å². The number of hydrogen-bond acceptors (Lipinski definition) is 1. The molecule has 1 aromatic carbocycles. The van der Waals surface area contributed by atoms with Gasteiger partial charge in [-0.3, -0.25) is 0 Å².